The van der Waals surface area contributed by atoms with Crippen LogP contribution in [-0.4, -0.2) is 37.8 Å². The Morgan fingerprint density at radius 3 is 2.38 bits per heavy atom. The summed E-state index contributed by atoms with van der Waals surface area (Å²) in [6, 6.07) is 15.5. The summed E-state index contributed by atoms with van der Waals surface area (Å²) in [6.07, 6.45) is -4.54. The molecule has 4 N–H and O–H groups in total. The van der Waals surface area contributed by atoms with Crippen LogP contribution in [0.2, 0.25) is 0 Å². The van der Waals surface area contributed by atoms with Gasteiger partial charge in [0.1, 0.15) is 5.75 Å². The van der Waals surface area contributed by atoms with E-state index in [1.807, 2.05) is 0 Å². The minimum atomic E-state index is -4.54. The van der Waals surface area contributed by atoms with E-state index in [1.165, 1.54) is 26.4 Å². The molecule has 0 fully saturated rings. The lowest BCUT2D eigenvalue weighted by Gasteiger charge is -2.30. The summed E-state index contributed by atoms with van der Waals surface area (Å²) in [4.78, 5) is 25.8. The van der Waals surface area contributed by atoms with Gasteiger partial charge in [0, 0.05) is 11.4 Å². The molecule has 220 valence electrons. The highest BCUT2D eigenvalue weighted by atomic mass is 32.1. The molecule has 9 nitrogen and oxygen atoms in total. The van der Waals surface area contributed by atoms with Gasteiger partial charge in [-0.3, -0.25) is 9.59 Å². The lowest BCUT2D eigenvalue weighted by molar-refractivity contribution is -0.137. The maximum absolute atomic E-state index is 13.5. The molecular weight excluding hydrogens is 573 g/mol. The Morgan fingerprint density at radius 2 is 1.67 bits per heavy atom. The van der Waals surface area contributed by atoms with Crippen molar-refractivity contribution in [2.45, 2.75) is 19.1 Å². The number of para-hydroxylation sites is 2. The predicted molar refractivity (Wildman–Crippen MR) is 154 cm³/mol. The number of hydrogen-bond acceptors (Lipinski definition) is 6. The number of alkyl halides is 3. The molecule has 3 aromatic carbocycles. The number of allylic oxidation sites excluding steroid dienone is 1. The van der Waals surface area contributed by atoms with Gasteiger partial charge in [0.05, 0.1) is 37.1 Å². The van der Waals surface area contributed by atoms with Crippen molar-refractivity contribution in [3.8, 4) is 17.2 Å². The van der Waals surface area contributed by atoms with Gasteiger partial charge in [-0.25, -0.2) is 0 Å². The van der Waals surface area contributed by atoms with Crippen molar-refractivity contribution in [1.29, 1.82) is 0 Å². The van der Waals surface area contributed by atoms with Crippen molar-refractivity contribution < 1.29 is 37.0 Å². The van der Waals surface area contributed by atoms with Crippen LogP contribution in [0.1, 0.15) is 24.1 Å². The zero-order valence-corrected chi connectivity index (χ0v) is 23.5. The number of methoxy groups -OCH3 is 2. The first kappa shape index (κ1) is 30.2. The normalized spacial score (nSPS) is 14.8. The molecule has 0 unspecified atom stereocenters. The number of nitrogens with one attached hydrogen (secondary N) is 4. The molecule has 42 heavy (non-hydrogen) atoms. The molecule has 2 amide bonds. The quantitative estimate of drug-likeness (QED) is 0.249. The van der Waals surface area contributed by atoms with Gasteiger partial charge in [0.15, 0.2) is 23.2 Å². The Kier molecular flexibility index (Phi) is 9.21. The fourth-order valence-electron chi connectivity index (χ4n) is 4.28. The first-order valence-corrected chi connectivity index (χ1v) is 12.9. The molecule has 0 spiro atoms. The number of hydrogen-bond donors (Lipinski definition) is 4. The molecule has 1 aliphatic rings. The molecule has 13 heteroatoms. The van der Waals surface area contributed by atoms with Gasteiger partial charge in [-0.15, -0.1) is 0 Å². The molecule has 0 saturated carbocycles. The average molecular weight is 601 g/mol. The molecule has 0 bridgehead atoms. The number of benzene rings is 3. The van der Waals surface area contributed by atoms with Crippen LogP contribution in [0.25, 0.3) is 0 Å². The Labute approximate surface area is 245 Å². The standard InChI is InChI=1S/C29H27F3N4O5S/c1-16-25(27(38)35-20-9-4-5-10-21(20)39-2)26(36-28(42)33-16)17-11-12-22(23(13-17)40-3)41-15-24(37)34-19-8-6-7-18(14-19)29(30,31)32/h4-14,26H,15H2,1-3H3,(H,34,37)(H,35,38)(H2,33,36,42)/t26-/m0/s1. The molecule has 0 saturated heterocycles. The Balaban J connectivity index is 1.51. The molecule has 1 heterocycles. The predicted octanol–water partition coefficient (Wildman–Crippen LogP) is 5.17. The van der Waals surface area contributed by atoms with E-state index < -0.39 is 36.2 Å². The van der Waals surface area contributed by atoms with E-state index in [2.05, 4.69) is 21.3 Å². The molecule has 1 atom stereocenters. The monoisotopic (exact) mass is 600 g/mol. The molecule has 3 aromatic rings. The van der Waals surface area contributed by atoms with Crippen LogP contribution in [0.5, 0.6) is 17.2 Å². The largest absolute Gasteiger partial charge is 0.495 e. The number of amides is 2. The Morgan fingerprint density at radius 1 is 0.929 bits per heavy atom. The Bertz CT molecular complexity index is 1540. The smallest absolute Gasteiger partial charge is 0.416 e. The van der Waals surface area contributed by atoms with Gasteiger partial charge < -0.3 is 35.5 Å². The zero-order chi connectivity index (χ0) is 30.4. The maximum atomic E-state index is 13.5. The topological polar surface area (TPSA) is 110 Å². The number of halogens is 3. The lowest BCUT2D eigenvalue weighted by atomic mass is 9.94. The highest BCUT2D eigenvalue weighted by molar-refractivity contribution is 7.80. The second-order valence-corrected chi connectivity index (χ2v) is 9.46. The van der Waals surface area contributed by atoms with E-state index >= 15 is 0 Å². The van der Waals surface area contributed by atoms with Crippen molar-refractivity contribution in [2.75, 3.05) is 31.5 Å². The summed E-state index contributed by atoms with van der Waals surface area (Å²) in [5.41, 5.74) is 1.11. The Hall–Kier alpha value is -4.78. The second kappa shape index (κ2) is 12.8. The summed E-state index contributed by atoms with van der Waals surface area (Å²) in [6.45, 7) is 1.24. The van der Waals surface area contributed by atoms with E-state index in [1.54, 1.807) is 49.4 Å². The summed E-state index contributed by atoms with van der Waals surface area (Å²) in [5, 5.41) is 11.7. The van der Waals surface area contributed by atoms with Gasteiger partial charge in [0.25, 0.3) is 11.8 Å². The third-order valence-corrected chi connectivity index (χ3v) is 6.44. The summed E-state index contributed by atoms with van der Waals surface area (Å²) in [7, 11) is 2.91. The van der Waals surface area contributed by atoms with Crippen LogP contribution in [0.4, 0.5) is 24.5 Å². The van der Waals surface area contributed by atoms with Gasteiger partial charge in [0.2, 0.25) is 0 Å². The van der Waals surface area contributed by atoms with E-state index in [-0.39, 0.29) is 17.2 Å². The SMILES string of the molecule is COc1ccccc1NC(=O)C1=C(C)NC(=S)N[C@H]1c1ccc(OCC(=O)Nc2cccc(C(F)(F)F)c2)c(OC)c1. The van der Waals surface area contributed by atoms with Crippen LogP contribution >= 0.6 is 12.2 Å². The minimum Gasteiger partial charge on any atom is -0.495 e. The third-order valence-electron chi connectivity index (χ3n) is 6.22. The van der Waals surface area contributed by atoms with E-state index in [0.717, 1.165) is 12.1 Å². The molecule has 0 aliphatic carbocycles. The van der Waals surface area contributed by atoms with Crippen LogP contribution in [0, 0.1) is 0 Å². The molecule has 4 rings (SSSR count). The van der Waals surface area contributed by atoms with Crippen LogP contribution in [0.3, 0.4) is 0 Å². The highest BCUT2D eigenvalue weighted by Crippen LogP contribution is 2.35. The summed E-state index contributed by atoms with van der Waals surface area (Å²) >= 11 is 5.34. The van der Waals surface area contributed by atoms with Gasteiger partial charge in [-0.2, -0.15) is 13.2 Å². The number of anilines is 2. The fraction of sp³-hybridized carbons (Fsp3) is 0.207. The second-order valence-electron chi connectivity index (χ2n) is 9.05. The highest BCUT2D eigenvalue weighted by Gasteiger charge is 2.32. The van der Waals surface area contributed by atoms with Crippen LogP contribution < -0.4 is 35.5 Å². The summed E-state index contributed by atoms with van der Waals surface area (Å²) < 4.78 is 55.3. The fourth-order valence-corrected chi connectivity index (χ4v) is 4.55. The molecule has 1 aliphatic heterocycles. The average Bonchev–Trinajstić information content (AvgIpc) is 2.95. The first-order chi connectivity index (χ1) is 20.0. The summed E-state index contributed by atoms with van der Waals surface area (Å²) in [5.74, 6) is -0.103. The number of carbonyl (C=O) groups is 2. The number of carbonyl (C=O) groups excluding carboxylic acids is 2. The lowest BCUT2D eigenvalue weighted by Crippen LogP contribution is -2.45. The van der Waals surface area contributed by atoms with Gasteiger partial charge in [-0.05, 0) is 67.2 Å². The maximum Gasteiger partial charge on any atom is 0.416 e. The molecule has 0 aromatic heterocycles. The number of thiocarbonyl (C=S) groups is 1. The van der Waals surface area contributed by atoms with Crippen molar-refractivity contribution in [1.82, 2.24) is 10.6 Å². The molecular formula is C29H27F3N4O5S. The van der Waals surface area contributed by atoms with Crippen LogP contribution in [0.15, 0.2) is 78.0 Å². The van der Waals surface area contributed by atoms with Gasteiger partial charge in [-0.1, -0.05) is 24.3 Å². The zero-order valence-electron chi connectivity index (χ0n) is 22.7. The number of ether oxygens (including phenoxy) is 3. The minimum absolute atomic E-state index is 0.0187. The molecule has 0 radical (unpaired) electrons. The third kappa shape index (κ3) is 7.10. The van der Waals surface area contributed by atoms with Crippen molar-refractivity contribution in [3.63, 3.8) is 0 Å². The van der Waals surface area contributed by atoms with E-state index in [9.17, 15) is 22.8 Å². The van der Waals surface area contributed by atoms with Crippen molar-refractivity contribution in [2.24, 2.45) is 0 Å². The van der Waals surface area contributed by atoms with E-state index in [0.29, 0.717) is 33.4 Å². The van der Waals surface area contributed by atoms with Gasteiger partial charge >= 0.3 is 6.18 Å². The van der Waals surface area contributed by atoms with Crippen LogP contribution in [-0.2, 0) is 15.8 Å². The first-order valence-electron chi connectivity index (χ1n) is 12.5. The van der Waals surface area contributed by atoms with Crippen molar-refractivity contribution in [3.05, 3.63) is 89.1 Å². The van der Waals surface area contributed by atoms with E-state index in [4.69, 9.17) is 26.4 Å². The number of rotatable bonds is 9. The van der Waals surface area contributed by atoms with Crippen molar-refractivity contribution >= 4 is 40.5 Å².